The molecule has 1 fully saturated rings. The molecule has 1 saturated heterocycles. The van der Waals surface area contributed by atoms with Crippen LogP contribution in [0, 0.1) is 13.8 Å². The van der Waals surface area contributed by atoms with Crippen molar-refractivity contribution in [1.82, 2.24) is 15.1 Å². The Bertz CT molecular complexity index is 1110. The van der Waals surface area contributed by atoms with Gasteiger partial charge in [0, 0.05) is 37.4 Å². The number of piperazine rings is 1. The van der Waals surface area contributed by atoms with Crippen LogP contribution in [0.5, 0.6) is 0 Å². The first-order valence-electron chi connectivity index (χ1n) is 11.5. The quantitative estimate of drug-likeness (QED) is 0.588. The molecule has 172 valence electrons. The van der Waals surface area contributed by atoms with E-state index in [2.05, 4.69) is 85.4 Å². The van der Waals surface area contributed by atoms with Crippen LogP contribution >= 0.6 is 0 Å². The zero-order chi connectivity index (χ0) is 23.6. The van der Waals surface area contributed by atoms with Crippen LogP contribution in [0.3, 0.4) is 0 Å². The van der Waals surface area contributed by atoms with Crippen LogP contribution in [-0.4, -0.2) is 47.3 Å². The number of urea groups is 1. The fourth-order valence-corrected chi connectivity index (χ4v) is 4.13. The molecule has 3 aromatic rings. The Labute approximate surface area is 196 Å². The summed E-state index contributed by atoms with van der Waals surface area (Å²) in [4.78, 5) is 16.8. The minimum atomic E-state index is -0.0607. The molecular formula is C27H33N5O. The lowest BCUT2D eigenvalue weighted by molar-refractivity contribution is 0.208. The third kappa shape index (κ3) is 5.33. The van der Waals surface area contributed by atoms with Gasteiger partial charge in [0.1, 0.15) is 0 Å². The first-order valence-corrected chi connectivity index (χ1v) is 11.5. The highest BCUT2D eigenvalue weighted by Crippen LogP contribution is 2.25. The van der Waals surface area contributed by atoms with Crippen LogP contribution in [-0.2, 0) is 5.41 Å². The number of benzene rings is 2. The molecule has 0 atom stereocenters. The van der Waals surface area contributed by atoms with Gasteiger partial charge in [0.25, 0.3) is 0 Å². The summed E-state index contributed by atoms with van der Waals surface area (Å²) < 4.78 is 0. The van der Waals surface area contributed by atoms with E-state index in [0.29, 0.717) is 13.1 Å². The molecule has 2 amide bonds. The SMILES string of the molecule is Cc1ccc(-c2ccc(N3CCN(C(=O)Nc4ccc(C(C)(C)C)cc4)CC3)nn2)c(C)c1. The van der Waals surface area contributed by atoms with Crippen molar-refractivity contribution in [3.8, 4) is 11.3 Å². The molecule has 0 spiro atoms. The fourth-order valence-electron chi connectivity index (χ4n) is 4.13. The molecule has 0 bridgehead atoms. The number of nitrogens with zero attached hydrogens (tertiary/aromatic N) is 4. The second-order valence-electron chi connectivity index (χ2n) is 9.83. The average molecular weight is 444 g/mol. The zero-order valence-electron chi connectivity index (χ0n) is 20.2. The number of hydrogen-bond donors (Lipinski definition) is 1. The molecule has 1 aromatic heterocycles. The molecule has 33 heavy (non-hydrogen) atoms. The van der Waals surface area contributed by atoms with Crippen molar-refractivity contribution in [3.63, 3.8) is 0 Å². The Kier molecular flexibility index (Phi) is 6.36. The first-order chi connectivity index (χ1) is 15.7. The van der Waals surface area contributed by atoms with E-state index >= 15 is 0 Å². The topological polar surface area (TPSA) is 61.4 Å². The summed E-state index contributed by atoms with van der Waals surface area (Å²) in [5.41, 5.74) is 6.60. The highest BCUT2D eigenvalue weighted by atomic mass is 16.2. The molecule has 0 unspecified atom stereocenters. The Morgan fingerprint density at radius 2 is 1.58 bits per heavy atom. The number of amides is 2. The van der Waals surface area contributed by atoms with Gasteiger partial charge < -0.3 is 15.1 Å². The molecule has 2 heterocycles. The summed E-state index contributed by atoms with van der Waals surface area (Å²) in [5, 5.41) is 11.9. The van der Waals surface area contributed by atoms with Gasteiger partial charge in [-0.3, -0.25) is 0 Å². The number of carbonyl (C=O) groups excluding carboxylic acids is 1. The lowest BCUT2D eigenvalue weighted by Crippen LogP contribution is -2.50. The summed E-state index contributed by atoms with van der Waals surface area (Å²) in [5.74, 6) is 0.848. The van der Waals surface area contributed by atoms with Crippen molar-refractivity contribution in [2.75, 3.05) is 36.4 Å². The summed E-state index contributed by atoms with van der Waals surface area (Å²) >= 11 is 0. The number of nitrogens with one attached hydrogen (secondary N) is 1. The van der Waals surface area contributed by atoms with E-state index in [-0.39, 0.29) is 11.4 Å². The second-order valence-corrected chi connectivity index (χ2v) is 9.83. The van der Waals surface area contributed by atoms with Crippen LogP contribution in [0.2, 0.25) is 0 Å². The summed E-state index contributed by atoms with van der Waals surface area (Å²) in [7, 11) is 0. The Balaban J connectivity index is 1.33. The minimum Gasteiger partial charge on any atom is -0.352 e. The van der Waals surface area contributed by atoms with Gasteiger partial charge in [0.15, 0.2) is 5.82 Å². The second kappa shape index (κ2) is 9.22. The van der Waals surface area contributed by atoms with Crippen LogP contribution in [0.15, 0.2) is 54.6 Å². The Hall–Kier alpha value is -3.41. The number of aromatic nitrogens is 2. The van der Waals surface area contributed by atoms with E-state index < -0.39 is 0 Å². The van der Waals surface area contributed by atoms with E-state index in [1.165, 1.54) is 16.7 Å². The molecule has 0 aliphatic carbocycles. The first kappa shape index (κ1) is 22.8. The van der Waals surface area contributed by atoms with Crippen LogP contribution in [0.25, 0.3) is 11.3 Å². The molecule has 6 nitrogen and oxygen atoms in total. The maximum atomic E-state index is 12.7. The molecule has 0 radical (unpaired) electrons. The van der Waals surface area contributed by atoms with Crippen molar-refractivity contribution >= 4 is 17.5 Å². The predicted molar refractivity (Wildman–Crippen MR) is 135 cm³/mol. The van der Waals surface area contributed by atoms with Crippen LogP contribution < -0.4 is 10.2 Å². The van der Waals surface area contributed by atoms with E-state index in [9.17, 15) is 4.79 Å². The molecular weight excluding hydrogens is 410 g/mol. The van der Waals surface area contributed by atoms with Gasteiger partial charge in [-0.1, -0.05) is 56.7 Å². The average Bonchev–Trinajstić information content (AvgIpc) is 2.79. The largest absolute Gasteiger partial charge is 0.352 e. The number of hydrogen-bond acceptors (Lipinski definition) is 4. The van der Waals surface area contributed by atoms with Crippen molar-refractivity contribution in [1.29, 1.82) is 0 Å². The van der Waals surface area contributed by atoms with Gasteiger partial charge in [-0.2, -0.15) is 0 Å². The van der Waals surface area contributed by atoms with E-state index in [1.54, 1.807) is 0 Å². The molecule has 1 N–H and O–H groups in total. The van der Waals surface area contributed by atoms with Gasteiger partial charge in [-0.05, 0) is 54.7 Å². The maximum absolute atomic E-state index is 12.7. The molecule has 1 aliphatic rings. The standard InChI is InChI=1S/C27H33N5O/c1-19-6-11-23(20(2)18-19)24-12-13-25(30-29-24)31-14-16-32(17-15-31)26(33)28-22-9-7-21(8-10-22)27(3,4)5/h6-13,18H,14-17H2,1-5H3,(H,28,33). The number of anilines is 2. The third-order valence-electron chi connectivity index (χ3n) is 6.20. The fraction of sp³-hybridized carbons (Fsp3) is 0.370. The van der Waals surface area contributed by atoms with Gasteiger partial charge in [-0.25, -0.2) is 4.79 Å². The molecule has 0 saturated carbocycles. The molecule has 6 heteroatoms. The molecule has 1 aliphatic heterocycles. The van der Waals surface area contributed by atoms with Crippen molar-refractivity contribution in [2.24, 2.45) is 0 Å². The third-order valence-corrected chi connectivity index (χ3v) is 6.20. The highest BCUT2D eigenvalue weighted by Gasteiger charge is 2.22. The van der Waals surface area contributed by atoms with Gasteiger partial charge in [-0.15, -0.1) is 10.2 Å². The monoisotopic (exact) mass is 443 g/mol. The highest BCUT2D eigenvalue weighted by molar-refractivity contribution is 5.89. The lowest BCUT2D eigenvalue weighted by Gasteiger charge is -2.35. The summed E-state index contributed by atoms with van der Waals surface area (Å²) in [6.45, 7) is 13.5. The normalized spacial score (nSPS) is 14.3. The number of aryl methyl sites for hydroxylation is 2. The zero-order valence-corrected chi connectivity index (χ0v) is 20.2. The molecule has 2 aromatic carbocycles. The maximum Gasteiger partial charge on any atom is 0.321 e. The van der Waals surface area contributed by atoms with Gasteiger partial charge in [0.05, 0.1) is 5.69 Å². The Morgan fingerprint density at radius 3 is 2.15 bits per heavy atom. The Morgan fingerprint density at radius 1 is 0.879 bits per heavy atom. The van der Waals surface area contributed by atoms with Crippen molar-refractivity contribution < 1.29 is 4.79 Å². The van der Waals surface area contributed by atoms with E-state index in [0.717, 1.165) is 35.9 Å². The van der Waals surface area contributed by atoms with Crippen LogP contribution in [0.1, 0.15) is 37.5 Å². The van der Waals surface area contributed by atoms with Crippen molar-refractivity contribution in [2.45, 2.75) is 40.0 Å². The number of rotatable bonds is 3. The molecule has 4 rings (SSSR count). The summed E-state index contributed by atoms with van der Waals surface area (Å²) in [6, 6.07) is 18.5. The summed E-state index contributed by atoms with van der Waals surface area (Å²) in [6.07, 6.45) is 0. The van der Waals surface area contributed by atoms with Crippen molar-refractivity contribution in [3.05, 3.63) is 71.3 Å². The minimum absolute atomic E-state index is 0.0607. The van der Waals surface area contributed by atoms with Gasteiger partial charge in [0.2, 0.25) is 0 Å². The lowest BCUT2D eigenvalue weighted by atomic mass is 9.87. The van der Waals surface area contributed by atoms with Gasteiger partial charge >= 0.3 is 6.03 Å². The predicted octanol–water partition coefficient (Wildman–Crippen LogP) is 5.41. The smallest absolute Gasteiger partial charge is 0.321 e. The van der Waals surface area contributed by atoms with E-state index in [4.69, 9.17) is 0 Å². The van der Waals surface area contributed by atoms with Crippen LogP contribution in [0.4, 0.5) is 16.3 Å². The number of carbonyl (C=O) groups is 1. The van der Waals surface area contributed by atoms with E-state index in [1.807, 2.05) is 29.2 Å².